The molecule has 3 aliphatic rings. The summed E-state index contributed by atoms with van der Waals surface area (Å²) in [5, 5.41) is 3.13. The Morgan fingerprint density at radius 2 is 2.00 bits per heavy atom. The lowest BCUT2D eigenvalue weighted by Gasteiger charge is -2.18. The van der Waals surface area contributed by atoms with E-state index in [4.69, 9.17) is 0 Å². The van der Waals surface area contributed by atoms with E-state index in [9.17, 15) is 4.79 Å². The molecule has 0 radical (unpaired) electrons. The standard InChI is InChI=1S/C17H19NO/c19-17(16-9-11-4-5-14(16)8-11)18-15-7-6-12-2-1-3-13(12)10-15/h4-7,10-11,14,16H,1-3,8-9H2,(H,18,19)/t11-,14-,16+/m0/s1. The minimum atomic E-state index is 0.197. The number of anilines is 1. The molecule has 2 heteroatoms. The number of hydrogen-bond donors (Lipinski definition) is 1. The summed E-state index contributed by atoms with van der Waals surface area (Å²) in [5.41, 5.74) is 3.86. The Bertz CT molecular complexity index is 560. The van der Waals surface area contributed by atoms with Crippen LogP contribution in [0.25, 0.3) is 0 Å². The summed E-state index contributed by atoms with van der Waals surface area (Å²) in [4.78, 5) is 12.4. The van der Waals surface area contributed by atoms with E-state index in [1.807, 2.05) is 0 Å². The molecule has 1 N–H and O–H groups in total. The first kappa shape index (κ1) is 11.3. The van der Waals surface area contributed by atoms with Gasteiger partial charge in [-0.25, -0.2) is 0 Å². The third-order valence-electron chi connectivity index (χ3n) is 4.98. The van der Waals surface area contributed by atoms with Crippen LogP contribution >= 0.6 is 0 Å². The monoisotopic (exact) mass is 253 g/mol. The molecule has 1 amide bonds. The zero-order chi connectivity index (χ0) is 12.8. The van der Waals surface area contributed by atoms with Crippen molar-refractivity contribution in [3.63, 3.8) is 0 Å². The molecule has 19 heavy (non-hydrogen) atoms. The van der Waals surface area contributed by atoms with E-state index >= 15 is 0 Å². The highest BCUT2D eigenvalue weighted by molar-refractivity contribution is 5.93. The first-order valence-corrected chi connectivity index (χ1v) is 7.40. The van der Waals surface area contributed by atoms with Gasteiger partial charge in [-0.2, -0.15) is 0 Å². The van der Waals surface area contributed by atoms with Gasteiger partial charge < -0.3 is 5.32 Å². The summed E-state index contributed by atoms with van der Waals surface area (Å²) >= 11 is 0. The van der Waals surface area contributed by atoms with Crippen molar-refractivity contribution in [3.05, 3.63) is 41.5 Å². The van der Waals surface area contributed by atoms with Crippen molar-refractivity contribution in [2.45, 2.75) is 32.1 Å². The fraction of sp³-hybridized carbons (Fsp3) is 0.471. The lowest BCUT2D eigenvalue weighted by Crippen LogP contribution is -2.25. The fourth-order valence-corrected chi connectivity index (χ4v) is 3.97. The number of nitrogens with one attached hydrogen (secondary N) is 1. The van der Waals surface area contributed by atoms with Gasteiger partial charge in [-0.3, -0.25) is 4.79 Å². The maximum atomic E-state index is 12.4. The summed E-state index contributed by atoms with van der Waals surface area (Å²) in [6, 6.07) is 6.41. The number of benzene rings is 1. The molecular formula is C17H19NO. The van der Waals surface area contributed by atoms with E-state index < -0.39 is 0 Å². The molecule has 0 aliphatic heterocycles. The molecule has 1 aromatic carbocycles. The van der Waals surface area contributed by atoms with Gasteiger partial charge in [0.2, 0.25) is 5.91 Å². The van der Waals surface area contributed by atoms with Gasteiger partial charge in [-0.15, -0.1) is 0 Å². The minimum Gasteiger partial charge on any atom is -0.326 e. The van der Waals surface area contributed by atoms with Crippen LogP contribution in [0.5, 0.6) is 0 Å². The van der Waals surface area contributed by atoms with Crippen molar-refractivity contribution in [1.29, 1.82) is 0 Å². The number of amides is 1. The van der Waals surface area contributed by atoms with Crippen molar-refractivity contribution in [3.8, 4) is 0 Å². The van der Waals surface area contributed by atoms with Crippen LogP contribution in [0.3, 0.4) is 0 Å². The zero-order valence-corrected chi connectivity index (χ0v) is 11.1. The lowest BCUT2D eigenvalue weighted by atomic mass is 9.92. The number of hydrogen-bond acceptors (Lipinski definition) is 1. The molecule has 0 heterocycles. The van der Waals surface area contributed by atoms with Gasteiger partial charge in [0.15, 0.2) is 0 Å². The van der Waals surface area contributed by atoms with Crippen LogP contribution in [0.2, 0.25) is 0 Å². The van der Waals surface area contributed by atoms with E-state index in [2.05, 4.69) is 35.7 Å². The van der Waals surface area contributed by atoms with Crippen LogP contribution in [0.4, 0.5) is 5.69 Å². The maximum Gasteiger partial charge on any atom is 0.228 e. The Morgan fingerprint density at radius 3 is 2.79 bits per heavy atom. The predicted molar refractivity (Wildman–Crippen MR) is 75.9 cm³/mol. The summed E-state index contributed by atoms with van der Waals surface area (Å²) in [6.07, 6.45) is 10.4. The first-order chi connectivity index (χ1) is 9.29. The van der Waals surface area contributed by atoms with E-state index in [-0.39, 0.29) is 11.8 Å². The molecule has 3 aliphatic carbocycles. The molecule has 98 valence electrons. The molecule has 0 spiro atoms. The fourth-order valence-electron chi connectivity index (χ4n) is 3.97. The number of rotatable bonds is 2. The van der Waals surface area contributed by atoms with Crippen LogP contribution in [0, 0.1) is 17.8 Å². The molecule has 4 rings (SSSR count). The predicted octanol–water partition coefficient (Wildman–Crippen LogP) is 3.33. The van der Waals surface area contributed by atoms with Crippen molar-refractivity contribution < 1.29 is 4.79 Å². The molecular weight excluding hydrogens is 234 g/mol. The second-order valence-electron chi connectivity index (χ2n) is 6.21. The zero-order valence-electron chi connectivity index (χ0n) is 11.1. The van der Waals surface area contributed by atoms with E-state index in [1.54, 1.807) is 0 Å². The molecule has 1 fully saturated rings. The van der Waals surface area contributed by atoms with E-state index in [1.165, 1.54) is 30.4 Å². The largest absolute Gasteiger partial charge is 0.326 e. The van der Waals surface area contributed by atoms with Gasteiger partial charge in [-0.05, 0) is 67.2 Å². The third kappa shape index (κ3) is 1.90. The molecule has 2 nitrogen and oxygen atoms in total. The lowest BCUT2D eigenvalue weighted by molar-refractivity contribution is -0.120. The van der Waals surface area contributed by atoms with E-state index in [0.717, 1.165) is 18.5 Å². The molecule has 0 unspecified atom stereocenters. The summed E-state index contributed by atoms with van der Waals surface area (Å²) in [5.74, 6) is 1.55. The highest BCUT2D eigenvalue weighted by Gasteiger charge is 2.39. The summed E-state index contributed by atoms with van der Waals surface area (Å²) in [6.45, 7) is 0. The first-order valence-electron chi connectivity index (χ1n) is 7.40. The minimum absolute atomic E-state index is 0.197. The van der Waals surface area contributed by atoms with Crippen molar-refractivity contribution in [2.75, 3.05) is 5.32 Å². The van der Waals surface area contributed by atoms with Gasteiger partial charge in [0, 0.05) is 11.6 Å². The molecule has 0 saturated heterocycles. The number of fused-ring (bicyclic) bond motifs is 3. The van der Waals surface area contributed by atoms with Crippen LogP contribution in [0.1, 0.15) is 30.4 Å². The molecule has 2 bridgehead atoms. The average Bonchev–Trinajstić information content (AvgIpc) is 3.13. The molecule has 0 aromatic heterocycles. The smallest absolute Gasteiger partial charge is 0.228 e. The Hall–Kier alpha value is -1.57. The quantitative estimate of drug-likeness (QED) is 0.805. The van der Waals surface area contributed by atoms with Gasteiger partial charge in [0.25, 0.3) is 0 Å². The topological polar surface area (TPSA) is 29.1 Å². The normalized spacial score (nSPS) is 30.6. The molecule has 1 saturated carbocycles. The molecule has 3 atom stereocenters. The van der Waals surface area contributed by atoms with Gasteiger partial charge in [-0.1, -0.05) is 18.2 Å². The number of aryl methyl sites for hydroxylation is 2. The van der Waals surface area contributed by atoms with Crippen molar-refractivity contribution in [1.82, 2.24) is 0 Å². The van der Waals surface area contributed by atoms with Crippen LogP contribution in [-0.4, -0.2) is 5.91 Å². The third-order valence-corrected chi connectivity index (χ3v) is 4.98. The van der Waals surface area contributed by atoms with Crippen molar-refractivity contribution >= 4 is 11.6 Å². The maximum absolute atomic E-state index is 12.4. The van der Waals surface area contributed by atoms with Crippen LogP contribution in [-0.2, 0) is 17.6 Å². The van der Waals surface area contributed by atoms with Gasteiger partial charge in [0.1, 0.15) is 0 Å². The number of carbonyl (C=O) groups is 1. The Morgan fingerprint density at radius 1 is 1.11 bits per heavy atom. The second-order valence-corrected chi connectivity index (χ2v) is 6.21. The van der Waals surface area contributed by atoms with Crippen molar-refractivity contribution in [2.24, 2.45) is 17.8 Å². The Balaban J connectivity index is 1.49. The highest BCUT2D eigenvalue weighted by Crippen LogP contribution is 2.43. The SMILES string of the molecule is O=C(Nc1ccc2c(c1)CCC2)[C@@H]1C[C@H]2C=C[C@H]1C2. The average molecular weight is 253 g/mol. The van der Waals surface area contributed by atoms with Gasteiger partial charge >= 0.3 is 0 Å². The van der Waals surface area contributed by atoms with Crippen LogP contribution in [0.15, 0.2) is 30.4 Å². The second kappa shape index (κ2) is 4.22. The summed E-state index contributed by atoms with van der Waals surface area (Å²) in [7, 11) is 0. The van der Waals surface area contributed by atoms with Crippen LogP contribution < -0.4 is 5.32 Å². The Labute approximate surface area is 113 Å². The van der Waals surface area contributed by atoms with Gasteiger partial charge in [0.05, 0.1) is 0 Å². The summed E-state index contributed by atoms with van der Waals surface area (Å²) < 4.78 is 0. The number of allylic oxidation sites excluding steroid dienone is 2. The Kier molecular flexibility index (Phi) is 2.51. The van der Waals surface area contributed by atoms with E-state index in [0.29, 0.717) is 11.8 Å². The molecule has 1 aromatic rings. The highest BCUT2D eigenvalue weighted by atomic mass is 16.1. The number of carbonyl (C=O) groups excluding carboxylic acids is 1.